The fourth-order valence-corrected chi connectivity index (χ4v) is 2.85. The van der Waals surface area contributed by atoms with Crippen LogP contribution in [-0.2, 0) is 0 Å². The maximum absolute atomic E-state index is 12.6. The molecule has 0 radical (unpaired) electrons. The van der Waals surface area contributed by atoms with E-state index in [1.807, 2.05) is 44.3 Å². The normalized spacial score (nSPS) is 9.75. The minimum absolute atomic E-state index is 0.0318. The van der Waals surface area contributed by atoms with E-state index in [4.69, 9.17) is 11.0 Å². The average Bonchev–Trinajstić information content (AvgIpc) is 3.03. The first-order chi connectivity index (χ1) is 11.7. The zero-order chi connectivity index (χ0) is 17.5. The Labute approximate surface area is 143 Å². The summed E-state index contributed by atoms with van der Waals surface area (Å²) in [6, 6.07) is 12.0. The van der Waals surface area contributed by atoms with Gasteiger partial charge < -0.3 is 15.4 Å². The van der Waals surface area contributed by atoms with Crippen LogP contribution in [0.1, 0.15) is 19.4 Å². The molecule has 0 atom stereocenters. The van der Waals surface area contributed by atoms with E-state index in [-0.39, 0.29) is 5.75 Å². The molecule has 0 fully saturated rings. The number of aromatic amines is 1. The van der Waals surface area contributed by atoms with E-state index in [1.54, 1.807) is 12.1 Å². The number of aromatic nitrogens is 1. The van der Waals surface area contributed by atoms with E-state index in [2.05, 4.69) is 14.6 Å². The van der Waals surface area contributed by atoms with Gasteiger partial charge in [0.15, 0.2) is 5.75 Å². The van der Waals surface area contributed by atoms with Gasteiger partial charge in [-0.05, 0) is 42.3 Å². The number of hydrogen-bond donors (Lipinski definition) is 3. The van der Waals surface area contributed by atoms with Crippen LogP contribution in [0.3, 0.4) is 0 Å². The zero-order valence-electron chi connectivity index (χ0n) is 13.3. The van der Waals surface area contributed by atoms with Crippen molar-refractivity contribution in [2.45, 2.75) is 18.7 Å². The molecule has 0 saturated carbocycles. The summed E-state index contributed by atoms with van der Waals surface area (Å²) in [6.45, 7) is 4.00. The van der Waals surface area contributed by atoms with E-state index in [0.29, 0.717) is 16.9 Å². The number of nitrogens with zero attached hydrogens (tertiary/aromatic N) is 1. The molecule has 0 aliphatic carbocycles. The Balaban J connectivity index is 0.00000100. The van der Waals surface area contributed by atoms with Gasteiger partial charge in [0, 0.05) is 33.4 Å². The topological polar surface area (TPSA) is 86.9 Å². The fraction of sp³-hybridized carbons (Fsp3) is 0.118. The number of nitrogens with one attached hydrogen (secondary N) is 2. The Morgan fingerprint density at radius 1 is 1.25 bits per heavy atom. The van der Waals surface area contributed by atoms with Crippen molar-refractivity contribution in [1.82, 2.24) is 4.98 Å². The molecule has 0 saturated heterocycles. The van der Waals surface area contributed by atoms with Crippen molar-refractivity contribution in [3.63, 3.8) is 0 Å². The number of fused-ring (bicyclic) bond motifs is 1. The Kier molecular flexibility index (Phi) is 5.93. The molecule has 0 aliphatic rings. The van der Waals surface area contributed by atoms with Gasteiger partial charge in [0.1, 0.15) is 0 Å². The molecule has 1 aromatic heterocycles. The Hall–Kier alpha value is -2.85. The van der Waals surface area contributed by atoms with Gasteiger partial charge in [-0.2, -0.15) is 5.26 Å². The predicted molar refractivity (Wildman–Crippen MR) is 96.4 cm³/mol. The number of nitrogens with two attached hydrogens (primary N) is 1. The van der Waals surface area contributed by atoms with Crippen molar-refractivity contribution in [3.8, 4) is 11.8 Å². The van der Waals surface area contributed by atoms with Gasteiger partial charge >= 0.3 is 0 Å². The second-order valence-electron chi connectivity index (χ2n) is 4.56. The molecule has 0 bridgehead atoms. The van der Waals surface area contributed by atoms with Gasteiger partial charge in [-0.25, -0.2) is 0 Å². The van der Waals surface area contributed by atoms with Crippen molar-refractivity contribution in [2.75, 3.05) is 10.5 Å². The van der Waals surface area contributed by atoms with Crippen LogP contribution in [0.2, 0.25) is 0 Å². The van der Waals surface area contributed by atoms with Gasteiger partial charge in [0.25, 0.3) is 0 Å². The summed E-state index contributed by atoms with van der Waals surface area (Å²) in [7, 11) is 0. The minimum Gasteiger partial charge on any atom is -0.399 e. The maximum atomic E-state index is 12.6. The van der Waals surface area contributed by atoms with Crippen LogP contribution in [0.15, 0.2) is 47.5 Å². The molecular weight excluding hydrogens is 327 g/mol. The highest BCUT2D eigenvalue weighted by molar-refractivity contribution is 8.00. The van der Waals surface area contributed by atoms with E-state index in [0.717, 1.165) is 15.8 Å². The standard InChI is InChI=1S/C15H11FN4OS.C2H6/c16-21-14-5-9(7-17)1-4-12(14)20-22-15-8-19-13-6-10(18)2-3-11(13)15;1-2/h1-6,8,19-20H,18H2;1-2H3. The molecule has 3 aromatic rings. The summed E-state index contributed by atoms with van der Waals surface area (Å²) in [5, 5.41) is 9.80. The number of H-pyrrole nitrogens is 1. The number of benzene rings is 2. The largest absolute Gasteiger partial charge is 0.399 e. The molecular formula is C17H17FN4OS. The number of anilines is 2. The molecule has 0 aliphatic heterocycles. The third kappa shape index (κ3) is 3.73. The summed E-state index contributed by atoms with van der Waals surface area (Å²) in [6.07, 6.45) is 1.83. The van der Waals surface area contributed by atoms with E-state index >= 15 is 0 Å². The molecule has 0 amide bonds. The van der Waals surface area contributed by atoms with Gasteiger partial charge in [-0.3, -0.25) is 4.94 Å². The van der Waals surface area contributed by atoms with Gasteiger partial charge in [-0.15, -0.1) is 0 Å². The smallest absolute Gasteiger partial charge is 0.197 e. The van der Waals surface area contributed by atoms with E-state index in [1.165, 1.54) is 18.0 Å². The fourth-order valence-electron chi connectivity index (χ4n) is 2.05. The third-order valence-electron chi connectivity index (χ3n) is 3.13. The summed E-state index contributed by atoms with van der Waals surface area (Å²) in [5.74, 6) is -0.0318. The summed E-state index contributed by atoms with van der Waals surface area (Å²) in [4.78, 5) is 7.87. The zero-order valence-corrected chi connectivity index (χ0v) is 14.1. The second-order valence-corrected chi connectivity index (χ2v) is 5.41. The third-order valence-corrected chi connectivity index (χ3v) is 4.01. The lowest BCUT2D eigenvalue weighted by Gasteiger charge is -2.07. The molecule has 1 heterocycles. The van der Waals surface area contributed by atoms with Crippen LogP contribution < -0.4 is 15.4 Å². The molecule has 7 heteroatoms. The lowest BCUT2D eigenvalue weighted by atomic mass is 10.2. The lowest BCUT2D eigenvalue weighted by molar-refractivity contribution is -0.00523. The molecule has 4 N–H and O–H groups in total. The molecule has 2 aromatic carbocycles. The van der Waals surface area contributed by atoms with Crippen molar-refractivity contribution in [2.24, 2.45) is 0 Å². The Bertz CT molecular complexity index is 873. The molecule has 0 spiro atoms. The average molecular weight is 344 g/mol. The SMILES string of the molecule is CC.N#Cc1ccc(NSc2c[nH]c3cc(N)ccc23)c(OF)c1. The summed E-state index contributed by atoms with van der Waals surface area (Å²) < 4.78 is 15.6. The van der Waals surface area contributed by atoms with Crippen LogP contribution in [0.4, 0.5) is 15.9 Å². The van der Waals surface area contributed by atoms with Crippen LogP contribution >= 0.6 is 11.9 Å². The highest BCUT2D eigenvalue weighted by Crippen LogP contribution is 2.33. The molecule has 24 heavy (non-hydrogen) atoms. The predicted octanol–water partition coefficient (Wildman–Crippen LogP) is 5.03. The van der Waals surface area contributed by atoms with Crippen molar-refractivity contribution < 1.29 is 9.47 Å². The van der Waals surface area contributed by atoms with Crippen LogP contribution in [0, 0.1) is 11.3 Å². The maximum Gasteiger partial charge on any atom is 0.197 e. The molecule has 3 rings (SSSR count). The minimum atomic E-state index is -0.0318. The summed E-state index contributed by atoms with van der Waals surface area (Å²) >= 11 is 1.31. The quantitative estimate of drug-likeness (QED) is 0.456. The van der Waals surface area contributed by atoms with E-state index < -0.39 is 0 Å². The number of hydrogen-bond acceptors (Lipinski definition) is 5. The monoisotopic (exact) mass is 344 g/mol. The van der Waals surface area contributed by atoms with Gasteiger partial charge in [-0.1, -0.05) is 13.8 Å². The first kappa shape index (κ1) is 17.5. The lowest BCUT2D eigenvalue weighted by Crippen LogP contribution is -1.91. The Morgan fingerprint density at radius 2 is 2.04 bits per heavy atom. The highest BCUT2D eigenvalue weighted by atomic mass is 32.2. The number of nitriles is 1. The van der Waals surface area contributed by atoms with Gasteiger partial charge in [0.2, 0.25) is 0 Å². The molecule has 124 valence electrons. The Morgan fingerprint density at radius 3 is 2.75 bits per heavy atom. The van der Waals surface area contributed by atoms with E-state index in [9.17, 15) is 4.53 Å². The highest BCUT2D eigenvalue weighted by Gasteiger charge is 2.09. The van der Waals surface area contributed by atoms with Crippen molar-refractivity contribution in [3.05, 3.63) is 48.2 Å². The first-order valence-electron chi connectivity index (χ1n) is 7.33. The van der Waals surface area contributed by atoms with Crippen molar-refractivity contribution in [1.29, 1.82) is 5.26 Å². The molecule has 5 nitrogen and oxygen atoms in total. The number of nitrogen functional groups attached to an aromatic ring is 1. The van der Waals surface area contributed by atoms with Crippen LogP contribution in [0.25, 0.3) is 10.9 Å². The van der Waals surface area contributed by atoms with Crippen LogP contribution in [0.5, 0.6) is 5.75 Å². The number of rotatable bonds is 4. The summed E-state index contributed by atoms with van der Waals surface area (Å²) in [5.41, 5.74) is 8.10. The first-order valence-corrected chi connectivity index (χ1v) is 8.15. The number of halogens is 1. The van der Waals surface area contributed by atoms with Crippen LogP contribution in [-0.4, -0.2) is 4.98 Å². The molecule has 0 unspecified atom stereocenters. The van der Waals surface area contributed by atoms with Gasteiger partial charge in [0.05, 0.1) is 22.2 Å². The van der Waals surface area contributed by atoms with Crippen molar-refractivity contribution >= 4 is 34.2 Å². The second kappa shape index (κ2) is 8.13.